The Morgan fingerprint density at radius 1 is 1.05 bits per heavy atom. The number of pyridine rings is 1. The van der Waals surface area contributed by atoms with E-state index in [0.29, 0.717) is 6.04 Å². The standard InChI is InChI=1S/C18H24N2/c1-4-20-18(12-16-7-9-19-10-8-16)13-17-11-14(2)5-6-15(17)3/h5-11,18,20H,4,12-13H2,1-3H3. The molecule has 0 aliphatic heterocycles. The first-order chi connectivity index (χ1) is 9.69. The lowest BCUT2D eigenvalue weighted by Crippen LogP contribution is -2.33. The van der Waals surface area contributed by atoms with Crippen molar-refractivity contribution in [2.75, 3.05) is 6.54 Å². The Morgan fingerprint density at radius 2 is 1.80 bits per heavy atom. The zero-order valence-corrected chi connectivity index (χ0v) is 12.7. The molecule has 1 unspecified atom stereocenters. The smallest absolute Gasteiger partial charge is 0.0270 e. The van der Waals surface area contributed by atoms with Crippen LogP contribution in [-0.2, 0) is 12.8 Å². The van der Waals surface area contributed by atoms with Crippen molar-refractivity contribution >= 4 is 0 Å². The van der Waals surface area contributed by atoms with Crippen molar-refractivity contribution in [3.05, 3.63) is 65.0 Å². The first-order valence-electron chi connectivity index (χ1n) is 7.37. The normalized spacial score (nSPS) is 12.3. The topological polar surface area (TPSA) is 24.9 Å². The van der Waals surface area contributed by atoms with E-state index < -0.39 is 0 Å². The highest BCUT2D eigenvalue weighted by Gasteiger charge is 2.11. The molecule has 1 aromatic heterocycles. The number of nitrogens with zero attached hydrogens (tertiary/aromatic N) is 1. The lowest BCUT2D eigenvalue weighted by atomic mass is 9.95. The van der Waals surface area contributed by atoms with Gasteiger partial charge in [-0.25, -0.2) is 0 Å². The average Bonchev–Trinajstić information content (AvgIpc) is 2.44. The minimum absolute atomic E-state index is 0.475. The molecule has 2 aromatic rings. The number of nitrogens with one attached hydrogen (secondary N) is 1. The molecule has 1 heterocycles. The van der Waals surface area contributed by atoms with Crippen molar-refractivity contribution in [1.29, 1.82) is 0 Å². The highest BCUT2D eigenvalue weighted by atomic mass is 14.9. The number of hydrogen-bond donors (Lipinski definition) is 1. The van der Waals surface area contributed by atoms with Gasteiger partial charge in [0.2, 0.25) is 0 Å². The summed E-state index contributed by atoms with van der Waals surface area (Å²) in [5.41, 5.74) is 5.51. The zero-order chi connectivity index (χ0) is 14.4. The molecule has 2 nitrogen and oxygen atoms in total. The van der Waals surface area contributed by atoms with Crippen LogP contribution in [0.4, 0.5) is 0 Å². The third kappa shape index (κ3) is 4.17. The number of aryl methyl sites for hydroxylation is 2. The van der Waals surface area contributed by atoms with Gasteiger partial charge in [-0.15, -0.1) is 0 Å². The van der Waals surface area contributed by atoms with Crippen LogP contribution in [0.5, 0.6) is 0 Å². The summed E-state index contributed by atoms with van der Waals surface area (Å²) in [5.74, 6) is 0. The highest BCUT2D eigenvalue weighted by Crippen LogP contribution is 2.15. The van der Waals surface area contributed by atoms with Crippen LogP contribution in [0, 0.1) is 13.8 Å². The van der Waals surface area contributed by atoms with E-state index >= 15 is 0 Å². The van der Waals surface area contributed by atoms with E-state index in [1.54, 1.807) is 0 Å². The zero-order valence-electron chi connectivity index (χ0n) is 12.7. The predicted octanol–water partition coefficient (Wildman–Crippen LogP) is 3.46. The molecule has 2 rings (SSSR count). The molecule has 0 spiro atoms. The van der Waals surface area contributed by atoms with Gasteiger partial charge >= 0.3 is 0 Å². The summed E-state index contributed by atoms with van der Waals surface area (Å²) in [5, 5.41) is 3.61. The molecule has 1 N–H and O–H groups in total. The maximum atomic E-state index is 4.09. The van der Waals surface area contributed by atoms with Gasteiger partial charge in [-0.3, -0.25) is 4.98 Å². The molecule has 2 heteroatoms. The molecule has 0 aliphatic carbocycles. The summed E-state index contributed by atoms with van der Waals surface area (Å²) in [6.07, 6.45) is 5.86. The second-order valence-corrected chi connectivity index (χ2v) is 5.45. The Hall–Kier alpha value is -1.67. The van der Waals surface area contributed by atoms with E-state index in [1.165, 1.54) is 22.3 Å². The van der Waals surface area contributed by atoms with Gasteiger partial charge < -0.3 is 5.32 Å². The Morgan fingerprint density at radius 3 is 2.50 bits per heavy atom. The molecule has 106 valence electrons. The van der Waals surface area contributed by atoms with Crippen LogP contribution >= 0.6 is 0 Å². The number of aromatic nitrogens is 1. The third-order valence-electron chi connectivity index (χ3n) is 3.70. The molecule has 1 aromatic carbocycles. The van der Waals surface area contributed by atoms with Crippen LogP contribution in [0.15, 0.2) is 42.7 Å². The molecule has 0 amide bonds. The van der Waals surface area contributed by atoms with E-state index in [4.69, 9.17) is 0 Å². The Labute approximate surface area is 122 Å². The molecular formula is C18H24N2. The summed E-state index contributed by atoms with van der Waals surface area (Å²) in [6.45, 7) is 7.53. The Kier molecular flexibility index (Phi) is 5.31. The Balaban J connectivity index is 2.11. The molecule has 0 fully saturated rings. The maximum absolute atomic E-state index is 4.09. The highest BCUT2D eigenvalue weighted by molar-refractivity contribution is 5.31. The van der Waals surface area contributed by atoms with Crippen LogP contribution in [0.2, 0.25) is 0 Å². The van der Waals surface area contributed by atoms with Crippen LogP contribution < -0.4 is 5.32 Å². The monoisotopic (exact) mass is 268 g/mol. The lowest BCUT2D eigenvalue weighted by molar-refractivity contribution is 0.520. The number of rotatable bonds is 6. The van der Waals surface area contributed by atoms with Gasteiger partial charge in [0.15, 0.2) is 0 Å². The first-order valence-corrected chi connectivity index (χ1v) is 7.37. The van der Waals surface area contributed by atoms with Crippen LogP contribution in [0.1, 0.15) is 29.2 Å². The van der Waals surface area contributed by atoms with Crippen LogP contribution in [0.25, 0.3) is 0 Å². The van der Waals surface area contributed by atoms with Crippen LogP contribution in [-0.4, -0.2) is 17.6 Å². The third-order valence-corrected chi connectivity index (χ3v) is 3.70. The second-order valence-electron chi connectivity index (χ2n) is 5.45. The van der Waals surface area contributed by atoms with Crippen molar-refractivity contribution in [1.82, 2.24) is 10.3 Å². The van der Waals surface area contributed by atoms with Crippen molar-refractivity contribution in [2.45, 2.75) is 39.7 Å². The van der Waals surface area contributed by atoms with Crippen LogP contribution in [0.3, 0.4) is 0 Å². The van der Waals surface area contributed by atoms with Gasteiger partial charge in [-0.05, 0) is 62.1 Å². The van der Waals surface area contributed by atoms with E-state index in [0.717, 1.165) is 19.4 Å². The quantitative estimate of drug-likeness (QED) is 0.868. The molecule has 0 saturated heterocycles. The Bertz CT molecular complexity index is 534. The molecule has 0 bridgehead atoms. The van der Waals surface area contributed by atoms with Gasteiger partial charge in [0, 0.05) is 18.4 Å². The number of benzene rings is 1. The minimum Gasteiger partial charge on any atom is -0.314 e. The summed E-state index contributed by atoms with van der Waals surface area (Å²) in [6, 6.07) is 11.4. The lowest BCUT2D eigenvalue weighted by Gasteiger charge is -2.19. The van der Waals surface area contributed by atoms with Gasteiger partial charge in [0.25, 0.3) is 0 Å². The summed E-state index contributed by atoms with van der Waals surface area (Å²) >= 11 is 0. The van der Waals surface area contributed by atoms with Crippen molar-refractivity contribution in [3.63, 3.8) is 0 Å². The predicted molar refractivity (Wildman–Crippen MR) is 85.0 cm³/mol. The average molecular weight is 268 g/mol. The van der Waals surface area contributed by atoms with E-state index in [2.05, 4.69) is 61.4 Å². The van der Waals surface area contributed by atoms with Gasteiger partial charge in [0.1, 0.15) is 0 Å². The molecule has 0 radical (unpaired) electrons. The molecule has 1 atom stereocenters. The van der Waals surface area contributed by atoms with Crippen molar-refractivity contribution in [2.24, 2.45) is 0 Å². The van der Waals surface area contributed by atoms with E-state index in [1.807, 2.05) is 12.4 Å². The molecule has 20 heavy (non-hydrogen) atoms. The van der Waals surface area contributed by atoms with Gasteiger partial charge in [-0.1, -0.05) is 30.7 Å². The van der Waals surface area contributed by atoms with E-state index in [-0.39, 0.29) is 0 Å². The number of likely N-dealkylation sites (N-methyl/N-ethyl adjacent to an activating group) is 1. The number of hydrogen-bond acceptors (Lipinski definition) is 2. The fourth-order valence-electron chi connectivity index (χ4n) is 2.59. The summed E-state index contributed by atoms with van der Waals surface area (Å²) < 4.78 is 0. The molecule has 0 saturated carbocycles. The fourth-order valence-corrected chi connectivity index (χ4v) is 2.59. The van der Waals surface area contributed by atoms with Crippen molar-refractivity contribution < 1.29 is 0 Å². The summed E-state index contributed by atoms with van der Waals surface area (Å²) in [7, 11) is 0. The minimum atomic E-state index is 0.475. The first kappa shape index (κ1) is 14.7. The van der Waals surface area contributed by atoms with Gasteiger partial charge in [0.05, 0.1) is 0 Å². The van der Waals surface area contributed by atoms with Gasteiger partial charge in [-0.2, -0.15) is 0 Å². The fraction of sp³-hybridized carbons (Fsp3) is 0.389. The molecular weight excluding hydrogens is 244 g/mol. The maximum Gasteiger partial charge on any atom is 0.0270 e. The SMILES string of the molecule is CCNC(Cc1ccncc1)Cc1cc(C)ccc1C. The summed E-state index contributed by atoms with van der Waals surface area (Å²) in [4.78, 5) is 4.09. The molecule has 0 aliphatic rings. The largest absolute Gasteiger partial charge is 0.314 e. The second kappa shape index (κ2) is 7.20. The van der Waals surface area contributed by atoms with Crippen molar-refractivity contribution in [3.8, 4) is 0 Å². The van der Waals surface area contributed by atoms with E-state index in [9.17, 15) is 0 Å².